The van der Waals surface area contributed by atoms with Gasteiger partial charge in [0.1, 0.15) is 5.75 Å². The molecule has 0 spiro atoms. The number of halogens is 3. The fourth-order valence-corrected chi connectivity index (χ4v) is 3.41. The number of nitrogens with zero attached hydrogens (tertiary/aromatic N) is 1. The summed E-state index contributed by atoms with van der Waals surface area (Å²) in [6.45, 7) is 5.20. The van der Waals surface area contributed by atoms with E-state index in [2.05, 4.69) is 5.43 Å². The van der Waals surface area contributed by atoms with Crippen LogP contribution < -0.4 is 10.2 Å². The summed E-state index contributed by atoms with van der Waals surface area (Å²) in [6, 6.07) is 8.30. The number of carbonyl (C=O) groups is 1. The van der Waals surface area contributed by atoms with E-state index >= 15 is 0 Å². The van der Waals surface area contributed by atoms with Crippen molar-refractivity contribution in [2.45, 2.75) is 44.9 Å². The number of carbonyl (C=O) groups excluding carboxylic acids is 1. The average Bonchev–Trinajstić information content (AvgIpc) is 2.79. The largest absolute Gasteiger partial charge is 0.494 e. The number of alkyl halides is 3. The number of ether oxygens (including phenoxy) is 1. The van der Waals surface area contributed by atoms with Crippen LogP contribution in [0.1, 0.15) is 38.8 Å². The third-order valence-electron chi connectivity index (χ3n) is 4.53. The third kappa shape index (κ3) is 3.35. The van der Waals surface area contributed by atoms with Gasteiger partial charge >= 0.3 is 6.18 Å². The maximum Gasteiger partial charge on any atom is 0.410 e. The number of fused-ring (bicyclic) bond motifs is 1. The number of rotatable bonds is 4. The second-order valence-corrected chi connectivity index (χ2v) is 7.01. The summed E-state index contributed by atoms with van der Waals surface area (Å²) in [5.41, 5.74) is 1.40. The molecule has 1 atom stereocenters. The van der Waals surface area contributed by atoms with Gasteiger partial charge in [-0.1, -0.05) is 24.3 Å². The minimum atomic E-state index is -4.59. The lowest BCUT2D eigenvalue weighted by Crippen LogP contribution is -2.51. The summed E-state index contributed by atoms with van der Waals surface area (Å²) in [7, 11) is 0. The molecule has 1 aliphatic heterocycles. The minimum Gasteiger partial charge on any atom is -0.494 e. The van der Waals surface area contributed by atoms with Crippen molar-refractivity contribution in [2.75, 3.05) is 6.61 Å². The Balaban J connectivity index is 2.21. The summed E-state index contributed by atoms with van der Waals surface area (Å²) in [6.07, 6.45) is -4.60. The second kappa shape index (κ2) is 6.46. The van der Waals surface area contributed by atoms with Crippen LogP contribution in [0.4, 0.5) is 13.2 Å². The molecule has 2 aromatic rings. The van der Waals surface area contributed by atoms with Crippen LogP contribution in [0.2, 0.25) is 0 Å². The predicted molar refractivity (Wildman–Crippen MR) is 92.6 cm³/mol. The molecule has 140 valence electrons. The number of amides is 1. The molecule has 7 heteroatoms. The van der Waals surface area contributed by atoms with Gasteiger partial charge in [-0.25, -0.2) is 0 Å². The van der Waals surface area contributed by atoms with Crippen molar-refractivity contribution >= 4 is 16.7 Å². The molecule has 1 aliphatic rings. The monoisotopic (exact) mass is 366 g/mol. The zero-order valence-electron chi connectivity index (χ0n) is 14.9. The molecule has 0 saturated carbocycles. The van der Waals surface area contributed by atoms with Gasteiger partial charge in [0.2, 0.25) is 5.91 Å². The number of nitrogens with one attached hydrogen (secondary N) is 1. The summed E-state index contributed by atoms with van der Waals surface area (Å²) < 4.78 is 47.8. The first kappa shape index (κ1) is 18.5. The highest BCUT2D eigenvalue weighted by molar-refractivity contribution is 5.85. The van der Waals surface area contributed by atoms with Gasteiger partial charge in [0.05, 0.1) is 6.61 Å². The number of hydrogen-bond donors (Lipinski definition) is 1. The molecule has 0 aromatic heterocycles. The minimum absolute atomic E-state index is 0.00285. The first-order valence-corrected chi connectivity index (χ1v) is 8.44. The van der Waals surface area contributed by atoms with Gasteiger partial charge in [0.15, 0.2) is 6.04 Å². The molecule has 0 bridgehead atoms. The number of hydrogen-bond acceptors (Lipinski definition) is 3. The van der Waals surface area contributed by atoms with Crippen LogP contribution in [0.15, 0.2) is 36.4 Å². The normalized spacial score (nSPS) is 18.8. The van der Waals surface area contributed by atoms with E-state index in [1.54, 1.807) is 39.0 Å². The summed E-state index contributed by atoms with van der Waals surface area (Å²) in [5, 5.41) is 2.48. The van der Waals surface area contributed by atoms with Crippen molar-refractivity contribution < 1.29 is 22.7 Å². The maximum atomic E-state index is 14.1. The maximum absolute atomic E-state index is 14.1. The first-order chi connectivity index (χ1) is 12.1. The Morgan fingerprint density at radius 2 is 1.85 bits per heavy atom. The van der Waals surface area contributed by atoms with E-state index in [0.717, 1.165) is 10.4 Å². The van der Waals surface area contributed by atoms with Crippen LogP contribution in [0.25, 0.3) is 10.8 Å². The van der Waals surface area contributed by atoms with E-state index in [9.17, 15) is 18.0 Å². The summed E-state index contributed by atoms with van der Waals surface area (Å²) in [5.74, 6) is -0.256. The molecule has 1 N–H and O–H groups in total. The number of benzene rings is 2. The van der Waals surface area contributed by atoms with E-state index in [-0.39, 0.29) is 24.3 Å². The molecular weight excluding hydrogens is 345 g/mol. The fraction of sp³-hybridized carbons (Fsp3) is 0.421. The van der Waals surface area contributed by atoms with Gasteiger partial charge in [-0.3, -0.25) is 10.2 Å². The molecule has 26 heavy (non-hydrogen) atoms. The van der Waals surface area contributed by atoms with Crippen molar-refractivity contribution in [1.82, 2.24) is 10.4 Å². The van der Waals surface area contributed by atoms with E-state index in [0.29, 0.717) is 5.39 Å². The van der Waals surface area contributed by atoms with Crippen molar-refractivity contribution in [1.29, 1.82) is 0 Å². The highest BCUT2D eigenvalue weighted by Gasteiger charge is 2.53. The Bertz CT molecular complexity index is 833. The van der Waals surface area contributed by atoms with Gasteiger partial charge in [-0.2, -0.15) is 18.2 Å². The van der Waals surface area contributed by atoms with Crippen molar-refractivity contribution in [3.63, 3.8) is 0 Å². The predicted octanol–water partition coefficient (Wildman–Crippen LogP) is 4.36. The molecule has 3 rings (SSSR count). The molecular formula is C19H21F3N2O2. The Morgan fingerprint density at radius 1 is 1.23 bits per heavy atom. The first-order valence-electron chi connectivity index (χ1n) is 8.44. The Labute approximate surface area is 149 Å². The highest BCUT2D eigenvalue weighted by atomic mass is 19.4. The van der Waals surface area contributed by atoms with Crippen LogP contribution >= 0.6 is 0 Å². The van der Waals surface area contributed by atoms with Crippen LogP contribution in [0.3, 0.4) is 0 Å². The van der Waals surface area contributed by atoms with Crippen LogP contribution in [0, 0.1) is 0 Å². The van der Waals surface area contributed by atoms with Crippen LogP contribution in [-0.4, -0.2) is 29.2 Å². The Kier molecular flexibility index (Phi) is 4.60. The summed E-state index contributed by atoms with van der Waals surface area (Å²) >= 11 is 0. The topological polar surface area (TPSA) is 41.6 Å². The zero-order chi connectivity index (χ0) is 19.1. The quantitative estimate of drug-likeness (QED) is 0.874. The molecule has 1 heterocycles. The van der Waals surface area contributed by atoms with Crippen molar-refractivity contribution in [2.24, 2.45) is 0 Å². The van der Waals surface area contributed by atoms with Gasteiger partial charge in [0.25, 0.3) is 0 Å². The average molecular weight is 366 g/mol. The fourth-order valence-electron chi connectivity index (χ4n) is 3.41. The van der Waals surface area contributed by atoms with Crippen LogP contribution in [-0.2, 0) is 4.79 Å². The molecule has 2 aromatic carbocycles. The van der Waals surface area contributed by atoms with Crippen molar-refractivity contribution in [3.8, 4) is 5.75 Å². The summed E-state index contributed by atoms with van der Waals surface area (Å²) in [4.78, 5) is 11.8. The molecule has 1 saturated heterocycles. The number of hydrazine groups is 1. The lowest BCUT2D eigenvalue weighted by molar-refractivity contribution is -0.204. The molecule has 4 nitrogen and oxygen atoms in total. The van der Waals surface area contributed by atoms with Crippen LogP contribution in [0.5, 0.6) is 5.75 Å². The second-order valence-electron chi connectivity index (χ2n) is 7.01. The van der Waals surface area contributed by atoms with E-state index in [4.69, 9.17) is 4.74 Å². The van der Waals surface area contributed by atoms with E-state index < -0.39 is 23.7 Å². The molecule has 1 unspecified atom stereocenters. The molecule has 0 aliphatic carbocycles. The van der Waals surface area contributed by atoms with E-state index in [1.807, 2.05) is 12.1 Å². The van der Waals surface area contributed by atoms with Gasteiger partial charge in [-0.15, -0.1) is 0 Å². The smallest absolute Gasteiger partial charge is 0.410 e. The molecule has 1 fully saturated rings. The molecule has 1 amide bonds. The van der Waals surface area contributed by atoms with Gasteiger partial charge in [-0.05, 0) is 43.7 Å². The standard InChI is InChI=1S/C19H21F3N2O2/c1-4-26-15-10-13-8-6-5-7-12(13)9-14(15)17(19(20,21)22)24-18(2,3)11-16(25)23-24/h5-10,17H,4,11H2,1-3H3,(H,23,25). The SMILES string of the molecule is CCOc1cc2ccccc2cc1C(N1NC(=O)CC1(C)C)C(F)(F)F. The van der Waals surface area contributed by atoms with Gasteiger partial charge < -0.3 is 4.74 Å². The Morgan fingerprint density at radius 3 is 2.35 bits per heavy atom. The highest BCUT2D eigenvalue weighted by Crippen LogP contribution is 2.46. The van der Waals surface area contributed by atoms with Crippen molar-refractivity contribution in [3.05, 3.63) is 42.0 Å². The molecule has 0 radical (unpaired) electrons. The van der Waals surface area contributed by atoms with E-state index in [1.165, 1.54) is 6.07 Å². The zero-order valence-corrected chi connectivity index (χ0v) is 14.9. The Hall–Kier alpha value is -2.28. The third-order valence-corrected chi connectivity index (χ3v) is 4.53. The van der Waals surface area contributed by atoms with Gasteiger partial charge in [0, 0.05) is 17.5 Å². The lowest BCUT2D eigenvalue weighted by Gasteiger charge is -2.38. The lowest BCUT2D eigenvalue weighted by atomic mass is 9.95.